The maximum absolute atomic E-state index is 12.3. The molecular weight excluding hydrogens is 344 g/mol. The Labute approximate surface area is 157 Å². The van der Waals surface area contributed by atoms with Gasteiger partial charge in [-0.05, 0) is 74.5 Å². The van der Waals surface area contributed by atoms with E-state index in [0.29, 0.717) is 16.9 Å². The van der Waals surface area contributed by atoms with E-state index in [0.717, 1.165) is 5.75 Å². The molecule has 2 aromatic carbocycles. The Kier molecular flexibility index (Phi) is 5.56. The van der Waals surface area contributed by atoms with Crippen molar-refractivity contribution in [1.29, 1.82) is 0 Å². The van der Waals surface area contributed by atoms with E-state index in [1.807, 2.05) is 13.8 Å². The molecule has 1 heterocycles. The highest BCUT2D eigenvalue weighted by Crippen LogP contribution is 2.18. The molecule has 1 aromatic heterocycles. The van der Waals surface area contributed by atoms with Gasteiger partial charge in [0, 0.05) is 16.9 Å². The molecule has 0 aliphatic rings. The molecule has 0 saturated heterocycles. The van der Waals surface area contributed by atoms with Crippen molar-refractivity contribution in [3.8, 4) is 5.75 Å². The number of hydrogen-bond donors (Lipinski definition) is 2. The Hall–Kier alpha value is -3.54. The van der Waals surface area contributed by atoms with Gasteiger partial charge in [-0.15, -0.1) is 0 Å². The van der Waals surface area contributed by atoms with Crippen LogP contribution in [0, 0.1) is 0 Å². The van der Waals surface area contributed by atoms with Crippen molar-refractivity contribution in [1.82, 2.24) is 0 Å². The highest BCUT2D eigenvalue weighted by atomic mass is 16.5. The Morgan fingerprint density at radius 1 is 0.852 bits per heavy atom. The topological polar surface area (TPSA) is 80.6 Å². The van der Waals surface area contributed by atoms with E-state index < -0.39 is 0 Å². The number of amides is 2. The molecule has 0 aliphatic heterocycles. The van der Waals surface area contributed by atoms with Gasteiger partial charge in [-0.25, -0.2) is 0 Å². The van der Waals surface area contributed by atoms with E-state index in [-0.39, 0.29) is 23.7 Å². The third-order valence-electron chi connectivity index (χ3n) is 3.63. The number of carbonyl (C=O) groups excluding carboxylic acids is 2. The lowest BCUT2D eigenvalue weighted by Crippen LogP contribution is -2.13. The smallest absolute Gasteiger partial charge is 0.291 e. The van der Waals surface area contributed by atoms with Crippen LogP contribution in [0.5, 0.6) is 5.75 Å². The van der Waals surface area contributed by atoms with Crippen molar-refractivity contribution in [3.63, 3.8) is 0 Å². The van der Waals surface area contributed by atoms with Gasteiger partial charge in [0.05, 0.1) is 12.4 Å². The van der Waals surface area contributed by atoms with E-state index in [9.17, 15) is 9.59 Å². The van der Waals surface area contributed by atoms with Crippen molar-refractivity contribution in [2.24, 2.45) is 0 Å². The van der Waals surface area contributed by atoms with Crippen molar-refractivity contribution in [2.75, 3.05) is 10.6 Å². The summed E-state index contributed by atoms with van der Waals surface area (Å²) in [6.07, 6.45) is 1.52. The summed E-state index contributed by atoms with van der Waals surface area (Å²) in [5, 5.41) is 5.53. The lowest BCUT2D eigenvalue weighted by Gasteiger charge is -2.10. The van der Waals surface area contributed by atoms with E-state index in [1.54, 1.807) is 60.7 Å². The van der Waals surface area contributed by atoms with Crippen molar-refractivity contribution >= 4 is 23.2 Å². The second-order valence-electron chi connectivity index (χ2n) is 6.15. The SMILES string of the molecule is CC(C)Oc1ccc(C(=O)Nc2ccc(NC(=O)c3ccco3)cc2)cc1. The van der Waals surface area contributed by atoms with E-state index in [1.165, 1.54) is 6.26 Å². The van der Waals surface area contributed by atoms with Crippen molar-refractivity contribution in [3.05, 3.63) is 78.3 Å². The zero-order valence-corrected chi connectivity index (χ0v) is 15.1. The Balaban J connectivity index is 1.59. The van der Waals surface area contributed by atoms with Crippen LogP contribution in [0.1, 0.15) is 34.8 Å². The van der Waals surface area contributed by atoms with Gasteiger partial charge in [-0.3, -0.25) is 9.59 Å². The predicted octanol–water partition coefficient (Wildman–Crippen LogP) is 4.57. The Morgan fingerprint density at radius 2 is 1.44 bits per heavy atom. The van der Waals surface area contributed by atoms with Crippen LogP contribution in [0.4, 0.5) is 11.4 Å². The molecule has 0 atom stereocenters. The fourth-order valence-corrected chi connectivity index (χ4v) is 2.40. The summed E-state index contributed by atoms with van der Waals surface area (Å²) in [5.74, 6) is 0.398. The normalized spacial score (nSPS) is 10.5. The zero-order valence-electron chi connectivity index (χ0n) is 15.1. The molecule has 6 nitrogen and oxygen atoms in total. The third kappa shape index (κ3) is 4.98. The molecular formula is C21H20N2O4. The average Bonchev–Trinajstić information content (AvgIpc) is 3.18. The average molecular weight is 364 g/mol. The molecule has 2 amide bonds. The van der Waals surface area contributed by atoms with Crippen LogP contribution in [0.3, 0.4) is 0 Å². The van der Waals surface area contributed by atoms with Crippen LogP contribution in [0.25, 0.3) is 0 Å². The molecule has 3 aromatic rings. The lowest BCUT2D eigenvalue weighted by molar-refractivity contribution is 0.0994. The number of rotatable bonds is 6. The summed E-state index contributed by atoms with van der Waals surface area (Å²) >= 11 is 0. The fourth-order valence-electron chi connectivity index (χ4n) is 2.40. The summed E-state index contributed by atoms with van der Waals surface area (Å²) in [7, 11) is 0. The molecule has 0 spiro atoms. The molecule has 0 saturated carbocycles. The van der Waals surface area contributed by atoms with Gasteiger partial charge in [-0.2, -0.15) is 0 Å². The molecule has 2 N–H and O–H groups in total. The zero-order chi connectivity index (χ0) is 19.2. The molecule has 0 radical (unpaired) electrons. The van der Waals surface area contributed by atoms with Crippen LogP contribution in [0.2, 0.25) is 0 Å². The molecule has 0 bridgehead atoms. The fraction of sp³-hybridized carbons (Fsp3) is 0.143. The summed E-state index contributed by atoms with van der Waals surface area (Å²) < 4.78 is 10.6. The molecule has 0 unspecified atom stereocenters. The van der Waals surface area contributed by atoms with Crippen LogP contribution < -0.4 is 15.4 Å². The first kappa shape index (κ1) is 18.3. The first-order valence-corrected chi connectivity index (χ1v) is 8.54. The number of ether oxygens (including phenoxy) is 1. The molecule has 6 heteroatoms. The Morgan fingerprint density at radius 3 is 1.96 bits per heavy atom. The molecule has 0 fully saturated rings. The first-order valence-electron chi connectivity index (χ1n) is 8.54. The largest absolute Gasteiger partial charge is 0.491 e. The van der Waals surface area contributed by atoms with Crippen molar-refractivity contribution < 1.29 is 18.7 Å². The summed E-state index contributed by atoms with van der Waals surface area (Å²) in [6, 6.07) is 17.0. The number of hydrogen-bond acceptors (Lipinski definition) is 4. The standard InChI is InChI=1S/C21H20N2O4/c1-14(2)27-18-11-5-15(6-12-18)20(24)22-16-7-9-17(10-8-16)23-21(25)19-4-3-13-26-19/h3-14H,1-2H3,(H,22,24)(H,23,25). The maximum atomic E-state index is 12.3. The minimum absolute atomic E-state index is 0.0801. The number of anilines is 2. The maximum Gasteiger partial charge on any atom is 0.291 e. The molecule has 3 rings (SSSR count). The number of nitrogens with one attached hydrogen (secondary N) is 2. The predicted molar refractivity (Wildman–Crippen MR) is 103 cm³/mol. The molecule has 27 heavy (non-hydrogen) atoms. The quantitative estimate of drug-likeness (QED) is 0.671. The number of benzene rings is 2. The van der Waals surface area contributed by atoms with Crippen molar-refractivity contribution in [2.45, 2.75) is 20.0 Å². The van der Waals surface area contributed by atoms with Crippen LogP contribution in [-0.2, 0) is 0 Å². The highest BCUT2D eigenvalue weighted by Gasteiger charge is 2.10. The highest BCUT2D eigenvalue weighted by molar-refractivity contribution is 6.05. The van der Waals surface area contributed by atoms with Crippen LogP contribution in [-0.4, -0.2) is 17.9 Å². The summed E-state index contributed by atoms with van der Waals surface area (Å²) in [6.45, 7) is 3.89. The summed E-state index contributed by atoms with van der Waals surface area (Å²) in [4.78, 5) is 24.3. The molecule has 0 aliphatic carbocycles. The minimum atomic E-state index is -0.333. The van der Waals surface area contributed by atoms with Gasteiger partial charge in [-0.1, -0.05) is 0 Å². The van der Waals surface area contributed by atoms with Gasteiger partial charge in [0.1, 0.15) is 5.75 Å². The number of furan rings is 1. The van der Waals surface area contributed by atoms with Crippen LogP contribution >= 0.6 is 0 Å². The lowest BCUT2D eigenvalue weighted by atomic mass is 10.2. The van der Waals surface area contributed by atoms with E-state index in [4.69, 9.17) is 9.15 Å². The van der Waals surface area contributed by atoms with Gasteiger partial charge in [0.2, 0.25) is 0 Å². The Bertz CT molecular complexity index is 898. The van der Waals surface area contributed by atoms with Gasteiger partial charge in [0.15, 0.2) is 5.76 Å². The van der Waals surface area contributed by atoms with Crippen LogP contribution in [0.15, 0.2) is 71.3 Å². The monoisotopic (exact) mass is 364 g/mol. The summed E-state index contributed by atoms with van der Waals surface area (Å²) in [5.41, 5.74) is 1.75. The van der Waals surface area contributed by atoms with Gasteiger partial charge in [0.25, 0.3) is 11.8 Å². The van der Waals surface area contributed by atoms with Gasteiger partial charge < -0.3 is 19.8 Å². The first-order chi connectivity index (χ1) is 13.0. The second-order valence-corrected chi connectivity index (χ2v) is 6.15. The van der Waals surface area contributed by atoms with E-state index in [2.05, 4.69) is 10.6 Å². The molecule has 138 valence electrons. The minimum Gasteiger partial charge on any atom is -0.491 e. The number of carbonyl (C=O) groups is 2. The second kappa shape index (κ2) is 8.23. The van der Waals surface area contributed by atoms with E-state index >= 15 is 0 Å². The third-order valence-corrected chi connectivity index (χ3v) is 3.63. The van der Waals surface area contributed by atoms with Gasteiger partial charge >= 0.3 is 0 Å².